The SMILES string of the molecule is CCCCCCCCCCC/C=C\CCCCCCCCCC(=O)NC(CO)C(O)C(O)CCC/C=C/CCCCCCCCCCCCCC. The van der Waals surface area contributed by atoms with Crippen molar-refractivity contribution >= 4 is 5.91 Å². The fraction of sp³-hybridized carbons (Fsp3) is 0.891. The monoisotopic (exact) mass is 720 g/mol. The Labute approximate surface area is 318 Å². The Morgan fingerprint density at radius 1 is 0.471 bits per heavy atom. The van der Waals surface area contributed by atoms with E-state index in [4.69, 9.17) is 0 Å². The predicted octanol–water partition coefficient (Wildman–Crippen LogP) is 13.0. The van der Waals surface area contributed by atoms with E-state index < -0.39 is 18.2 Å². The van der Waals surface area contributed by atoms with E-state index in [1.807, 2.05) is 0 Å². The summed E-state index contributed by atoms with van der Waals surface area (Å²) in [5.41, 5.74) is 0. The predicted molar refractivity (Wildman–Crippen MR) is 222 cm³/mol. The van der Waals surface area contributed by atoms with Gasteiger partial charge in [-0.1, -0.05) is 192 Å². The van der Waals surface area contributed by atoms with Crippen molar-refractivity contribution in [1.82, 2.24) is 5.32 Å². The Hall–Kier alpha value is -1.17. The van der Waals surface area contributed by atoms with Crippen LogP contribution in [0.3, 0.4) is 0 Å². The van der Waals surface area contributed by atoms with Crippen molar-refractivity contribution in [2.24, 2.45) is 0 Å². The third-order valence-corrected chi connectivity index (χ3v) is 10.5. The molecule has 4 N–H and O–H groups in total. The fourth-order valence-corrected chi connectivity index (χ4v) is 6.98. The number of rotatable bonds is 41. The molecule has 0 heterocycles. The van der Waals surface area contributed by atoms with Gasteiger partial charge in [-0.2, -0.15) is 0 Å². The Bertz CT molecular complexity index is 754. The highest BCUT2D eigenvalue weighted by molar-refractivity contribution is 5.76. The minimum atomic E-state index is -1.16. The first kappa shape index (κ1) is 49.8. The summed E-state index contributed by atoms with van der Waals surface area (Å²) in [5.74, 6) is -0.157. The van der Waals surface area contributed by atoms with Gasteiger partial charge in [0.2, 0.25) is 5.91 Å². The third-order valence-electron chi connectivity index (χ3n) is 10.5. The lowest BCUT2D eigenvalue weighted by Crippen LogP contribution is -2.50. The van der Waals surface area contributed by atoms with Crippen molar-refractivity contribution in [3.8, 4) is 0 Å². The van der Waals surface area contributed by atoms with Crippen LogP contribution in [0.5, 0.6) is 0 Å². The molecule has 0 saturated heterocycles. The van der Waals surface area contributed by atoms with Gasteiger partial charge in [-0.15, -0.1) is 0 Å². The molecule has 0 spiro atoms. The van der Waals surface area contributed by atoms with Crippen LogP contribution in [0.1, 0.15) is 239 Å². The molecular weight excluding hydrogens is 631 g/mol. The van der Waals surface area contributed by atoms with Crippen molar-refractivity contribution in [3.63, 3.8) is 0 Å². The normalized spacial score (nSPS) is 13.7. The second-order valence-corrected chi connectivity index (χ2v) is 15.6. The van der Waals surface area contributed by atoms with Crippen LogP contribution in [0.15, 0.2) is 24.3 Å². The van der Waals surface area contributed by atoms with E-state index in [9.17, 15) is 20.1 Å². The smallest absolute Gasteiger partial charge is 0.220 e. The van der Waals surface area contributed by atoms with Crippen LogP contribution in [0.2, 0.25) is 0 Å². The molecular formula is C46H89NO4. The number of aliphatic hydroxyl groups is 3. The summed E-state index contributed by atoms with van der Waals surface area (Å²) in [6, 6.07) is -0.826. The molecule has 0 fully saturated rings. The van der Waals surface area contributed by atoms with Gasteiger partial charge in [0, 0.05) is 6.42 Å². The minimum Gasteiger partial charge on any atom is -0.394 e. The zero-order chi connectivity index (χ0) is 37.3. The number of allylic oxidation sites excluding steroid dienone is 4. The van der Waals surface area contributed by atoms with Crippen molar-refractivity contribution in [1.29, 1.82) is 0 Å². The number of nitrogens with one attached hydrogen (secondary N) is 1. The summed E-state index contributed by atoms with van der Waals surface area (Å²) in [5, 5.41) is 33.5. The van der Waals surface area contributed by atoms with Crippen molar-refractivity contribution < 1.29 is 20.1 Å². The molecule has 1 amide bonds. The highest BCUT2D eigenvalue weighted by Gasteiger charge is 2.26. The van der Waals surface area contributed by atoms with Crippen LogP contribution in [0.25, 0.3) is 0 Å². The van der Waals surface area contributed by atoms with Crippen LogP contribution in [0.4, 0.5) is 0 Å². The van der Waals surface area contributed by atoms with E-state index in [1.54, 1.807) is 0 Å². The molecule has 0 aromatic rings. The first-order chi connectivity index (χ1) is 25.1. The van der Waals surface area contributed by atoms with Crippen LogP contribution in [-0.2, 0) is 4.79 Å². The van der Waals surface area contributed by atoms with E-state index in [0.29, 0.717) is 12.8 Å². The number of hydrogen-bond acceptors (Lipinski definition) is 4. The molecule has 0 aliphatic heterocycles. The molecule has 0 aromatic carbocycles. The molecule has 51 heavy (non-hydrogen) atoms. The van der Waals surface area contributed by atoms with Crippen molar-refractivity contribution in [2.45, 2.75) is 257 Å². The average Bonchev–Trinajstić information content (AvgIpc) is 3.13. The van der Waals surface area contributed by atoms with Gasteiger partial charge in [-0.3, -0.25) is 4.79 Å². The highest BCUT2D eigenvalue weighted by Crippen LogP contribution is 2.15. The van der Waals surface area contributed by atoms with E-state index in [0.717, 1.165) is 38.5 Å². The number of hydrogen-bond donors (Lipinski definition) is 4. The second-order valence-electron chi connectivity index (χ2n) is 15.6. The zero-order valence-electron chi connectivity index (χ0n) is 34.2. The Kier molecular flexibility index (Phi) is 40.6. The van der Waals surface area contributed by atoms with Crippen LogP contribution < -0.4 is 5.32 Å². The second kappa shape index (κ2) is 41.6. The summed E-state index contributed by atoms with van der Waals surface area (Å²) in [7, 11) is 0. The van der Waals surface area contributed by atoms with Crippen molar-refractivity contribution in [2.75, 3.05) is 6.61 Å². The molecule has 5 heteroatoms. The summed E-state index contributed by atoms with van der Waals surface area (Å²) < 4.78 is 0. The summed E-state index contributed by atoms with van der Waals surface area (Å²) >= 11 is 0. The molecule has 302 valence electrons. The van der Waals surface area contributed by atoms with E-state index in [1.165, 1.54) is 173 Å². The molecule has 5 nitrogen and oxygen atoms in total. The topological polar surface area (TPSA) is 89.8 Å². The van der Waals surface area contributed by atoms with E-state index in [-0.39, 0.29) is 12.5 Å². The quantitative estimate of drug-likeness (QED) is 0.0374. The molecule has 0 aliphatic carbocycles. The molecule has 3 unspecified atom stereocenters. The Morgan fingerprint density at radius 2 is 0.784 bits per heavy atom. The van der Waals surface area contributed by atoms with E-state index in [2.05, 4.69) is 43.5 Å². The largest absolute Gasteiger partial charge is 0.394 e. The molecule has 0 saturated carbocycles. The Balaban J connectivity index is 3.65. The molecule has 0 aliphatic rings. The molecule has 0 rings (SSSR count). The van der Waals surface area contributed by atoms with E-state index >= 15 is 0 Å². The lowest BCUT2D eigenvalue weighted by Gasteiger charge is -2.26. The summed E-state index contributed by atoms with van der Waals surface area (Å²) in [6.07, 6.45) is 50.0. The minimum absolute atomic E-state index is 0.157. The maximum atomic E-state index is 12.4. The van der Waals surface area contributed by atoms with Gasteiger partial charge in [-0.25, -0.2) is 0 Å². The maximum absolute atomic E-state index is 12.4. The zero-order valence-corrected chi connectivity index (χ0v) is 34.2. The van der Waals surface area contributed by atoms with Gasteiger partial charge >= 0.3 is 0 Å². The van der Waals surface area contributed by atoms with Gasteiger partial charge in [0.05, 0.1) is 18.8 Å². The van der Waals surface area contributed by atoms with Gasteiger partial charge < -0.3 is 20.6 Å². The van der Waals surface area contributed by atoms with Gasteiger partial charge in [0.15, 0.2) is 0 Å². The highest BCUT2D eigenvalue weighted by atomic mass is 16.3. The molecule has 0 aromatic heterocycles. The van der Waals surface area contributed by atoms with Crippen LogP contribution >= 0.6 is 0 Å². The summed E-state index contributed by atoms with van der Waals surface area (Å²) in [4.78, 5) is 12.4. The summed E-state index contributed by atoms with van der Waals surface area (Å²) in [6.45, 7) is 4.18. The maximum Gasteiger partial charge on any atom is 0.220 e. The number of unbranched alkanes of at least 4 members (excludes halogenated alkanes) is 29. The van der Waals surface area contributed by atoms with Crippen molar-refractivity contribution in [3.05, 3.63) is 24.3 Å². The van der Waals surface area contributed by atoms with Crippen LogP contribution in [0, 0.1) is 0 Å². The number of aliphatic hydroxyl groups excluding tert-OH is 3. The number of carbonyl (C=O) groups excluding carboxylic acids is 1. The third kappa shape index (κ3) is 37.0. The molecule has 3 atom stereocenters. The van der Waals surface area contributed by atoms with Crippen LogP contribution in [-0.4, -0.2) is 46.1 Å². The standard InChI is InChI=1S/C46H89NO4/c1-3-5-7-9-11-13-15-17-19-21-22-23-25-27-29-31-33-35-37-39-41-45(50)47-43(42-48)46(51)44(49)40-38-36-34-32-30-28-26-24-20-18-16-14-12-10-8-6-4-2/h22-23,32,34,43-44,46,48-49,51H,3-21,24-31,33,35-42H2,1-2H3,(H,47,50)/b23-22-,34-32+. The first-order valence-electron chi connectivity index (χ1n) is 22.6. The lowest BCUT2D eigenvalue weighted by molar-refractivity contribution is -0.124. The first-order valence-corrected chi connectivity index (χ1v) is 22.6. The fourth-order valence-electron chi connectivity index (χ4n) is 6.98. The van der Waals surface area contributed by atoms with Gasteiger partial charge in [-0.05, 0) is 64.2 Å². The molecule has 0 bridgehead atoms. The van der Waals surface area contributed by atoms with Gasteiger partial charge in [0.1, 0.15) is 6.10 Å². The Morgan fingerprint density at radius 3 is 1.14 bits per heavy atom. The average molecular weight is 720 g/mol. The lowest BCUT2D eigenvalue weighted by atomic mass is 10.0. The number of amides is 1. The molecule has 0 radical (unpaired) electrons. The van der Waals surface area contributed by atoms with Gasteiger partial charge in [0.25, 0.3) is 0 Å². The number of carbonyl (C=O) groups is 1.